The molecule has 0 aromatic heterocycles. The van der Waals surface area contributed by atoms with Crippen LogP contribution in [0, 0.1) is 11.3 Å². The van der Waals surface area contributed by atoms with E-state index >= 15 is 0 Å². The summed E-state index contributed by atoms with van der Waals surface area (Å²) in [7, 11) is 0. The van der Waals surface area contributed by atoms with E-state index < -0.39 is 5.97 Å². The monoisotopic (exact) mass is 264 g/mol. The Bertz CT molecular complexity index is 731. The molecule has 0 saturated carbocycles. The maximum absolute atomic E-state index is 11.0. The van der Waals surface area contributed by atoms with Gasteiger partial charge in [0.25, 0.3) is 0 Å². The van der Waals surface area contributed by atoms with Gasteiger partial charge in [0.05, 0.1) is 16.8 Å². The second-order valence-corrected chi connectivity index (χ2v) is 4.68. The molecule has 0 saturated heterocycles. The lowest BCUT2D eigenvalue weighted by Gasteiger charge is -2.21. The van der Waals surface area contributed by atoms with Gasteiger partial charge in [-0.2, -0.15) is 5.26 Å². The Labute approximate surface area is 116 Å². The lowest BCUT2D eigenvalue weighted by molar-refractivity contribution is 0.0697. The summed E-state index contributed by atoms with van der Waals surface area (Å²) in [4.78, 5) is 13.0. The van der Waals surface area contributed by atoms with Gasteiger partial charge in [-0.25, -0.2) is 4.79 Å². The third-order valence-corrected chi connectivity index (χ3v) is 3.54. The van der Waals surface area contributed by atoms with Crippen LogP contribution in [0.3, 0.4) is 0 Å². The van der Waals surface area contributed by atoms with Gasteiger partial charge in [-0.3, -0.25) is 0 Å². The molecule has 0 radical (unpaired) electrons. The number of benzene rings is 2. The predicted molar refractivity (Wildman–Crippen MR) is 75.3 cm³/mol. The van der Waals surface area contributed by atoms with Crippen molar-refractivity contribution < 1.29 is 9.90 Å². The van der Waals surface area contributed by atoms with Crippen LogP contribution in [0.25, 0.3) is 0 Å². The van der Waals surface area contributed by atoms with E-state index in [0.29, 0.717) is 5.56 Å². The summed E-state index contributed by atoms with van der Waals surface area (Å²) in [5.74, 6) is -1.02. The van der Waals surface area contributed by atoms with Crippen LogP contribution >= 0.6 is 0 Å². The SMILES string of the molecule is N#Cc1cc(C(=O)O)ccc1N1CCc2ccccc21. The average molecular weight is 264 g/mol. The normalized spacial score (nSPS) is 12.8. The highest BCUT2D eigenvalue weighted by atomic mass is 16.4. The topological polar surface area (TPSA) is 64.3 Å². The molecule has 4 nitrogen and oxygen atoms in total. The highest BCUT2D eigenvalue weighted by Crippen LogP contribution is 2.36. The molecule has 20 heavy (non-hydrogen) atoms. The quantitative estimate of drug-likeness (QED) is 0.905. The Morgan fingerprint density at radius 3 is 2.75 bits per heavy atom. The molecule has 4 heteroatoms. The summed E-state index contributed by atoms with van der Waals surface area (Å²) in [5, 5.41) is 18.3. The number of carboxylic acid groups (broad SMARTS) is 1. The van der Waals surface area contributed by atoms with Crippen LogP contribution in [0.4, 0.5) is 11.4 Å². The second-order valence-electron chi connectivity index (χ2n) is 4.68. The summed E-state index contributed by atoms with van der Waals surface area (Å²) in [6, 6.07) is 14.8. The molecule has 0 atom stereocenters. The number of nitrogens with zero attached hydrogens (tertiary/aromatic N) is 2. The third-order valence-electron chi connectivity index (χ3n) is 3.54. The third kappa shape index (κ3) is 1.90. The van der Waals surface area contributed by atoms with Crippen LogP contribution in [-0.2, 0) is 6.42 Å². The molecule has 0 amide bonds. The molecule has 0 spiro atoms. The molecule has 1 aliphatic heterocycles. The summed E-state index contributed by atoms with van der Waals surface area (Å²) in [5.41, 5.74) is 3.63. The highest BCUT2D eigenvalue weighted by Gasteiger charge is 2.22. The Morgan fingerprint density at radius 2 is 2.00 bits per heavy atom. The Kier molecular flexibility index (Phi) is 2.88. The standard InChI is InChI=1S/C16H12N2O2/c17-10-13-9-12(16(19)20)5-6-15(13)18-8-7-11-3-1-2-4-14(11)18/h1-6,9H,7-8H2,(H,19,20). The van der Waals surface area contributed by atoms with Gasteiger partial charge in [-0.15, -0.1) is 0 Å². The van der Waals surface area contributed by atoms with E-state index in [4.69, 9.17) is 5.11 Å². The number of fused-ring (bicyclic) bond motifs is 1. The number of carboxylic acids is 1. The molecular formula is C16H12N2O2. The van der Waals surface area contributed by atoms with Gasteiger partial charge in [0, 0.05) is 12.2 Å². The first-order valence-corrected chi connectivity index (χ1v) is 6.33. The lowest BCUT2D eigenvalue weighted by atomic mass is 10.1. The van der Waals surface area contributed by atoms with Crippen molar-refractivity contribution in [2.45, 2.75) is 6.42 Å². The van der Waals surface area contributed by atoms with Crippen molar-refractivity contribution in [3.8, 4) is 6.07 Å². The van der Waals surface area contributed by atoms with E-state index in [1.807, 2.05) is 18.2 Å². The van der Waals surface area contributed by atoms with Gasteiger partial charge in [0.15, 0.2) is 0 Å². The van der Waals surface area contributed by atoms with Crippen LogP contribution in [0.1, 0.15) is 21.5 Å². The highest BCUT2D eigenvalue weighted by molar-refractivity contribution is 5.89. The number of anilines is 2. The maximum atomic E-state index is 11.0. The second kappa shape index (κ2) is 4.71. The Hall–Kier alpha value is -2.80. The van der Waals surface area contributed by atoms with Gasteiger partial charge in [-0.1, -0.05) is 18.2 Å². The van der Waals surface area contributed by atoms with E-state index in [2.05, 4.69) is 17.0 Å². The van der Waals surface area contributed by atoms with Crippen molar-refractivity contribution in [1.82, 2.24) is 0 Å². The van der Waals surface area contributed by atoms with Crippen molar-refractivity contribution in [1.29, 1.82) is 5.26 Å². The minimum absolute atomic E-state index is 0.137. The molecule has 0 fully saturated rings. The van der Waals surface area contributed by atoms with E-state index in [9.17, 15) is 10.1 Å². The van der Waals surface area contributed by atoms with Gasteiger partial charge >= 0.3 is 5.97 Å². The smallest absolute Gasteiger partial charge is 0.335 e. The van der Waals surface area contributed by atoms with E-state index in [1.54, 1.807) is 12.1 Å². The van der Waals surface area contributed by atoms with Crippen LogP contribution in [-0.4, -0.2) is 17.6 Å². The van der Waals surface area contributed by atoms with Crippen molar-refractivity contribution >= 4 is 17.3 Å². The fourth-order valence-corrected chi connectivity index (χ4v) is 2.58. The largest absolute Gasteiger partial charge is 0.478 e. The van der Waals surface area contributed by atoms with Gasteiger partial charge in [-0.05, 0) is 36.2 Å². The van der Waals surface area contributed by atoms with Crippen molar-refractivity contribution in [3.05, 3.63) is 59.2 Å². The molecule has 2 aromatic rings. The molecular weight excluding hydrogens is 252 g/mol. The number of aromatic carboxylic acids is 1. The molecule has 2 aromatic carbocycles. The molecule has 1 aliphatic rings. The zero-order chi connectivity index (χ0) is 14.1. The van der Waals surface area contributed by atoms with Crippen LogP contribution in [0.15, 0.2) is 42.5 Å². The molecule has 0 unspecified atom stereocenters. The summed E-state index contributed by atoms with van der Waals surface area (Å²) in [6.07, 6.45) is 0.932. The minimum atomic E-state index is -1.02. The van der Waals surface area contributed by atoms with Crippen LogP contribution in [0.2, 0.25) is 0 Å². The van der Waals surface area contributed by atoms with E-state index in [0.717, 1.165) is 24.3 Å². The van der Waals surface area contributed by atoms with Crippen molar-refractivity contribution in [2.75, 3.05) is 11.4 Å². The summed E-state index contributed by atoms with van der Waals surface area (Å²) < 4.78 is 0. The number of nitriles is 1. The van der Waals surface area contributed by atoms with Crippen molar-refractivity contribution in [2.24, 2.45) is 0 Å². The predicted octanol–water partition coefficient (Wildman–Crippen LogP) is 2.95. The summed E-state index contributed by atoms with van der Waals surface area (Å²) in [6.45, 7) is 0.806. The molecule has 3 rings (SSSR count). The molecule has 1 N–H and O–H groups in total. The first-order chi connectivity index (χ1) is 9.70. The van der Waals surface area contributed by atoms with Crippen LogP contribution in [0.5, 0.6) is 0 Å². The van der Waals surface area contributed by atoms with Crippen LogP contribution < -0.4 is 4.90 Å². The first kappa shape index (κ1) is 12.2. The zero-order valence-electron chi connectivity index (χ0n) is 10.7. The molecule has 0 aliphatic carbocycles. The lowest BCUT2D eigenvalue weighted by Crippen LogP contribution is -2.15. The molecule has 1 heterocycles. The zero-order valence-corrected chi connectivity index (χ0v) is 10.7. The molecule has 98 valence electrons. The Morgan fingerprint density at radius 1 is 1.20 bits per heavy atom. The summed E-state index contributed by atoms with van der Waals surface area (Å²) >= 11 is 0. The van der Waals surface area contributed by atoms with Gasteiger partial charge in [0.1, 0.15) is 6.07 Å². The van der Waals surface area contributed by atoms with E-state index in [-0.39, 0.29) is 5.56 Å². The average Bonchev–Trinajstić information content (AvgIpc) is 2.90. The van der Waals surface area contributed by atoms with E-state index in [1.165, 1.54) is 11.6 Å². The Balaban J connectivity index is 2.08. The minimum Gasteiger partial charge on any atom is -0.478 e. The number of rotatable bonds is 2. The van der Waals surface area contributed by atoms with Crippen molar-refractivity contribution in [3.63, 3.8) is 0 Å². The number of hydrogen-bond acceptors (Lipinski definition) is 3. The number of hydrogen-bond donors (Lipinski definition) is 1. The number of carbonyl (C=O) groups is 1. The van der Waals surface area contributed by atoms with Gasteiger partial charge in [0.2, 0.25) is 0 Å². The fourth-order valence-electron chi connectivity index (χ4n) is 2.58. The van der Waals surface area contributed by atoms with Gasteiger partial charge < -0.3 is 10.0 Å². The number of para-hydroxylation sites is 1. The first-order valence-electron chi connectivity index (χ1n) is 6.33. The fraction of sp³-hybridized carbons (Fsp3) is 0.125. The maximum Gasteiger partial charge on any atom is 0.335 e. The molecule has 0 bridgehead atoms.